The number of halogens is 1. The standard InChI is InChI=1S/C14H18FNO2/c1-2-18-13-8-7-10(9-12(13)15)14(17)16-11-5-3-4-6-11/h7-9,11H,2-6H2,1H3,(H,16,17). The van der Waals surface area contributed by atoms with Gasteiger partial charge in [-0.05, 0) is 38.0 Å². The van der Waals surface area contributed by atoms with E-state index in [4.69, 9.17) is 4.74 Å². The molecule has 1 aliphatic rings. The third kappa shape index (κ3) is 3.00. The Morgan fingerprint density at radius 2 is 2.17 bits per heavy atom. The molecule has 0 bridgehead atoms. The molecular weight excluding hydrogens is 233 g/mol. The van der Waals surface area contributed by atoms with Gasteiger partial charge in [0, 0.05) is 11.6 Å². The lowest BCUT2D eigenvalue weighted by Gasteiger charge is -2.12. The van der Waals surface area contributed by atoms with Crippen LogP contribution in [-0.2, 0) is 0 Å². The Morgan fingerprint density at radius 3 is 2.78 bits per heavy atom. The summed E-state index contributed by atoms with van der Waals surface area (Å²) in [5.74, 6) is -0.505. The Balaban J connectivity index is 2.03. The normalized spacial score (nSPS) is 15.7. The van der Waals surface area contributed by atoms with E-state index in [-0.39, 0.29) is 17.7 Å². The third-order valence-corrected chi connectivity index (χ3v) is 3.18. The Kier molecular flexibility index (Phi) is 4.18. The number of ether oxygens (including phenoxy) is 1. The van der Waals surface area contributed by atoms with Crippen molar-refractivity contribution in [3.8, 4) is 5.75 Å². The zero-order chi connectivity index (χ0) is 13.0. The van der Waals surface area contributed by atoms with Crippen molar-refractivity contribution in [3.63, 3.8) is 0 Å². The van der Waals surface area contributed by atoms with Gasteiger partial charge >= 0.3 is 0 Å². The van der Waals surface area contributed by atoms with Gasteiger partial charge in [-0.25, -0.2) is 4.39 Å². The molecule has 4 heteroatoms. The van der Waals surface area contributed by atoms with Crippen LogP contribution >= 0.6 is 0 Å². The Bertz CT molecular complexity index is 428. The fraction of sp³-hybridized carbons (Fsp3) is 0.500. The lowest BCUT2D eigenvalue weighted by molar-refractivity contribution is 0.0937. The molecule has 3 nitrogen and oxygen atoms in total. The molecule has 1 aliphatic carbocycles. The summed E-state index contributed by atoms with van der Waals surface area (Å²) in [7, 11) is 0. The Morgan fingerprint density at radius 1 is 1.44 bits per heavy atom. The molecule has 0 aromatic heterocycles. The summed E-state index contributed by atoms with van der Waals surface area (Å²) in [6, 6.07) is 4.57. The number of hydrogen-bond acceptors (Lipinski definition) is 2. The van der Waals surface area contributed by atoms with Gasteiger partial charge in [0.2, 0.25) is 0 Å². The van der Waals surface area contributed by atoms with Crippen molar-refractivity contribution in [3.05, 3.63) is 29.6 Å². The fourth-order valence-corrected chi connectivity index (χ4v) is 2.25. The molecule has 1 aromatic carbocycles. The molecule has 18 heavy (non-hydrogen) atoms. The van der Waals surface area contributed by atoms with Crippen LogP contribution in [0.5, 0.6) is 5.75 Å². The minimum absolute atomic E-state index is 0.190. The minimum atomic E-state index is -0.490. The molecule has 0 atom stereocenters. The number of benzene rings is 1. The zero-order valence-corrected chi connectivity index (χ0v) is 10.5. The van der Waals surface area contributed by atoms with E-state index in [9.17, 15) is 9.18 Å². The van der Waals surface area contributed by atoms with Gasteiger partial charge in [-0.2, -0.15) is 0 Å². The molecule has 0 saturated heterocycles. The Labute approximate surface area is 106 Å². The molecule has 1 aromatic rings. The number of nitrogens with one attached hydrogen (secondary N) is 1. The molecular formula is C14H18FNO2. The number of amides is 1. The van der Waals surface area contributed by atoms with Crippen molar-refractivity contribution >= 4 is 5.91 Å². The van der Waals surface area contributed by atoms with Gasteiger partial charge in [-0.15, -0.1) is 0 Å². The first-order valence-electron chi connectivity index (χ1n) is 6.44. The third-order valence-electron chi connectivity index (χ3n) is 3.18. The topological polar surface area (TPSA) is 38.3 Å². The predicted molar refractivity (Wildman–Crippen MR) is 67.3 cm³/mol. The van der Waals surface area contributed by atoms with Crippen molar-refractivity contribution < 1.29 is 13.9 Å². The lowest BCUT2D eigenvalue weighted by atomic mass is 10.1. The van der Waals surface area contributed by atoms with Crippen LogP contribution < -0.4 is 10.1 Å². The van der Waals surface area contributed by atoms with Crippen molar-refractivity contribution in [1.82, 2.24) is 5.32 Å². The molecule has 0 aliphatic heterocycles. The van der Waals surface area contributed by atoms with Crippen molar-refractivity contribution in [2.75, 3.05) is 6.61 Å². The zero-order valence-electron chi connectivity index (χ0n) is 10.5. The van der Waals surface area contributed by atoms with Crippen LogP contribution in [-0.4, -0.2) is 18.6 Å². The average Bonchev–Trinajstić information content (AvgIpc) is 2.84. The predicted octanol–water partition coefficient (Wildman–Crippen LogP) is 2.90. The van der Waals surface area contributed by atoms with Crippen molar-refractivity contribution in [2.45, 2.75) is 38.6 Å². The van der Waals surface area contributed by atoms with Gasteiger partial charge in [-0.3, -0.25) is 4.79 Å². The lowest BCUT2D eigenvalue weighted by Crippen LogP contribution is -2.32. The van der Waals surface area contributed by atoms with Crippen LogP contribution in [0.15, 0.2) is 18.2 Å². The number of carbonyl (C=O) groups excluding carboxylic acids is 1. The maximum atomic E-state index is 13.6. The summed E-state index contributed by atoms with van der Waals surface area (Å²) in [5, 5.41) is 2.93. The number of rotatable bonds is 4. The summed E-state index contributed by atoms with van der Waals surface area (Å²) < 4.78 is 18.7. The molecule has 2 rings (SSSR count). The second kappa shape index (κ2) is 5.85. The summed E-state index contributed by atoms with van der Waals surface area (Å²) in [5.41, 5.74) is 0.350. The molecule has 1 N–H and O–H groups in total. The van der Waals surface area contributed by atoms with Crippen molar-refractivity contribution in [2.24, 2.45) is 0 Å². The largest absolute Gasteiger partial charge is 0.491 e. The van der Waals surface area contributed by atoms with E-state index in [0.717, 1.165) is 25.7 Å². The van der Waals surface area contributed by atoms with Crippen LogP contribution in [0, 0.1) is 5.82 Å². The monoisotopic (exact) mass is 251 g/mol. The van der Waals surface area contributed by atoms with E-state index in [1.54, 1.807) is 13.0 Å². The van der Waals surface area contributed by atoms with Crippen LogP contribution in [0.3, 0.4) is 0 Å². The van der Waals surface area contributed by atoms with E-state index < -0.39 is 5.82 Å². The highest BCUT2D eigenvalue weighted by molar-refractivity contribution is 5.94. The molecule has 0 radical (unpaired) electrons. The van der Waals surface area contributed by atoms with Crippen LogP contribution in [0.2, 0.25) is 0 Å². The summed E-state index contributed by atoms with van der Waals surface area (Å²) in [6.07, 6.45) is 4.35. The average molecular weight is 251 g/mol. The van der Waals surface area contributed by atoms with E-state index in [1.807, 2.05) is 0 Å². The van der Waals surface area contributed by atoms with Crippen LogP contribution in [0.1, 0.15) is 43.0 Å². The molecule has 0 heterocycles. The summed E-state index contributed by atoms with van der Waals surface area (Å²) >= 11 is 0. The van der Waals surface area contributed by atoms with Gasteiger partial charge in [0.15, 0.2) is 11.6 Å². The molecule has 98 valence electrons. The second-order valence-electron chi connectivity index (χ2n) is 4.53. The molecule has 0 unspecified atom stereocenters. The van der Waals surface area contributed by atoms with E-state index in [0.29, 0.717) is 12.2 Å². The number of carbonyl (C=O) groups is 1. The van der Waals surface area contributed by atoms with E-state index >= 15 is 0 Å². The summed E-state index contributed by atoms with van der Waals surface area (Å²) in [6.45, 7) is 2.20. The van der Waals surface area contributed by atoms with Gasteiger partial charge < -0.3 is 10.1 Å². The highest BCUT2D eigenvalue weighted by Crippen LogP contribution is 2.20. The highest BCUT2D eigenvalue weighted by atomic mass is 19.1. The Hall–Kier alpha value is -1.58. The quantitative estimate of drug-likeness (QED) is 0.893. The molecule has 0 spiro atoms. The van der Waals surface area contributed by atoms with Crippen molar-refractivity contribution in [1.29, 1.82) is 0 Å². The maximum Gasteiger partial charge on any atom is 0.251 e. The van der Waals surface area contributed by atoms with Gasteiger partial charge in [-0.1, -0.05) is 12.8 Å². The fourth-order valence-electron chi connectivity index (χ4n) is 2.25. The number of hydrogen-bond donors (Lipinski definition) is 1. The van der Waals surface area contributed by atoms with E-state index in [2.05, 4.69) is 5.32 Å². The molecule has 1 fully saturated rings. The first-order chi connectivity index (χ1) is 8.70. The van der Waals surface area contributed by atoms with Crippen LogP contribution in [0.4, 0.5) is 4.39 Å². The summed E-state index contributed by atoms with van der Waals surface area (Å²) in [4.78, 5) is 11.9. The second-order valence-corrected chi connectivity index (χ2v) is 4.53. The molecule has 1 saturated carbocycles. The van der Waals surface area contributed by atoms with Gasteiger partial charge in [0.1, 0.15) is 0 Å². The SMILES string of the molecule is CCOc1ccc(C(=O)NC2CCCC2)cc1F. The van der Waals surface area contributed by atoms with Crippen LogP contribution in [0.25, 0.3) is 0 Å². The maximum absolute atomic E-state index is 13.6. The first kappa shape index (κ1) is 12.9. The smallest absolute Gasteiger partial charge is 0.251 e. The molecule has 1 amide bonds. The first-order valence-corrected chi connectivity index (χ1v) is 6.44. The van der Waals surface area contributed by atoms with Gasteiger partial charge in [0.05, 0.1) is 6.61 Å². The van der Waals surface area contributed by atoms with Gasteiger partial charge in [0.25, 0.3) is 5.91 Å². The minimum Gasteiger partial charge on any atom is -0.491 e. The van der Waals surface area contributed by atoms with E-state index in [1.165, 1.54) is 12.1 Å². The highest BCUT2D eigenvalue weighted by Gasteiger charge is 2.18.